The second-order valence-electron chi connectivity index (χ2n) is 19.1. The van der Waals surface area contributed by atoms with Crippen LogP contribution in [0.4, 0.5) is 0 Å². The van der Waals surface area contributed by atoms with E-state index < -0.39 is 8.60 Å². The Morgan fingerprint density at radius 3 is 1.22 bits per heavy atom. The van der Waals surface area contributed by atoms with Gasteiger partial charge >= 0.3 is 8.60 Å². The SMILES string of the molecule is CC(C)(C)[C]1C=C(C(C)(C)C)C=C=C1OP(Oc1ccc(C(C)(C)C)cc1C(C)(C)C)Oc1ccc(C(C)(C)C)cc1C(C)(C)C. The Labute approximate surface area is 283 Å². The molecule has 0 fully saturated rings. The third-order valence-corrected chi connectivity index (χ3v) is 9.42. The molecule has 0 amide bonds. The van der Waals surface area contributed by atoms with Crippen molar-refractivity contribution in [1.29, 1.82) is 0 Å². The fourth-order valence-electron chi connectivity index (χ4n) is 5.16. The van der Waals surface area contributed by atoms with Gasteiger partial charge in [0.1, 0.15) is 11.5 Å². The third kappa shape index (κ3) is 9.55. The smallest absolute Gasteiger partial charge is 0.408 e. The summed E-state index contributed by atoms with van der Waals surface area (Å²) >= 11 is 0. The Kier molecular flexibility index (Phi) is 10.6. The van der Waals surface area contributed by atoms with Crippen molar-refractivity contribution in [2.45, 2.75) is 146 Å². The first-order valence-electron chi connectivity index (χ1n) is 16.8. The molecule has 2 aromatic carbocycles. The summed E-state index contributed by atoms with van der Waals surface area (Å²) in [6.45, 7) is 40.2. The number of hydrogen-bond acceptors (Lipinski definition) is 3. The lowest BCUT2D eigenvalue weighted by Crippen LogP contribution is -2.23. The predicted molar refractivity (Wildman–Crippen MR) is 199 cm³/mol. The predicted octanol–water partition coefficient (Wildman–Crippen LogP) is 13.2. The van der Waals surface area contributed by atoms with Gasteiger partial charge in [-0.15, -0.1) is 0 Å². The summed E-state index contributed by atoms with van der Waals surface area (Å²) in [4.78, 5) is 0. The lowest BCUT2D eigenvalue weighted by molar-refractivity contribution is 0.303. The van der Waals surface area contributed by atoms with Gasteiger partial charge in [0.15, 0.2) is 5.76 Å². The summed E-state index contributed by atoms with van der Waals surface area (Å²) in [7, 11) is -1.92. The Morgan fingerprint density at radius 2 is 0.891 bits per heavy atom. The molecule has 46 heavy (non-hydrogen) atoms. The van der Waals surface area contributed by atoms with E-state index in [-0.39, 0.29) is 32.5 Å². The second-order valence-corrected chi connectivity index (χ2v) is 20.0. The van der Waals surface area contributed by atoms with Crippen molar-refractivity contribution >= 4 is 8.60 Å². The third-order valence-electron chi connectivity index (χ3n) is 8.40. The average molecular weight is 646 g/mol. The molecule has 1 aliphatic carbocycles. The Morgan fingerprint density at radius 1 is 0.478 bits per heavy atom. The van der Waals surface area contributed by atoms with Crippen molar-refractivity contribution in [2.75, 3.05) is 0 Å². The maximum Gasteiger partial charge on any atom is 0.530 e. The molecular weight excluding hydrogens is 583 g/mol. The minimum absolute atomic E-state index is 0.0120. The molecule has 3 nitrogen and oxygen atoms in total. The molecule has 0 spiro atoms. The normalized spacial score (nSPS) is 15.5. The van der Waals surface area contributed by atoms with Crippen LogP contribution in [0.5, 0.6) is 11.5 Å². The molecule has 0 atom stereocenters. The number of hydrogen-bond donors (Lipinski definition) is 0. The highest BCUT2D eigenvalue weighted by atomic mass is 31.2. The van der Waals surface area contributed by atoms with Gasteiger partial charge in [-0.2, -0.15) is 0 Å². The maximum atomic E-state index is 6.88. The zero-order valence-corrected chi connectivity index (χ0v) is 33.2. The molecule has 2 aromatic rings. The standard InChI is InChI=1S/C42H62O3P/c1-37(2,3)28-19-22-34(31(25-28)40(10,11)12)43-46(44-35-23-20-29(38(4,5)6)26-32(35)41(13,14)15)45-36-24-21-30(39(7,8)9)27-33(36)42(16,17)18/h19-23,25-27H,1-18H3. The molecule has 0 saturated carbocycles. The van der Waals surface area contributed by atoms with E-state index in [1.165, 1.54) is 16.7 Å². The molecule has 4 heteroatoms. The van der Waals surface area contributed by atoms with Gasteiger partial charge in [0, 0.05) is 11.1 Å². The van der Waals surface area contributed by atoms with E-state index in [1.807, 2.05) is 0 Å². The van der Waals surface area contributed by atoms with Crippen molar-refractivity contribution in [3.8, 4) is 11.5 Å². The van der Waals surface area contributed by atoms with E-state index >= 15 is 0 Å². The van der Waals surface area contributed by atoms with Crippen LogP contribution >= 0.6 is 8.60 Å². The number of allylic oxidation sites excluding steroid dienone is 2. The zero-order valence-electron chi connectivity index (χ0n) is 32.3. The first-order chi connectivity index (χ1) is 20.6. The molecule has 0 unspecified atom stereocenters. The fraction of sp³-hybridized carbons (Fsp3) is 0.571. The number of rotatable bonds is 6. The average Bonchev–Trinajstić information content (AvgIpc) is 2.85. The molecule has 0 heterocycles. The molecule has 0 saturated heterocycles. The van der Waals surface area contributed by atoms with Crippen LogP contribution < -0.4 is 9.05 Å². The summed E-state index contributed by atoms with van der Waals surface area (Å²) in [6, 6.07) is 13.1. The lowest BCUT2D eigenvalue weighted by Gasteiger charge is -2.34. The van der Waals surface area contributed by atoms with Crippen molar-refractivity contribution < 1.29 is 13.6 Å². The molecule has 1 aliphatic rings. The van der Waals surface area contributed by atoms with E-state index in [9.17, 15) is 0 Å². The van der Waals surface area contributed by atoms with Crippen LogP contribution in [0.15, 0.2) is 65.6 Å². The van der Waals surface area contributed by atoms with Crippen LogP contribution in [0.3, 0.4) is 0 Å². The van der Waals surface area contributed by atoms with Crippen molar-refractivity contribution in [3.63, 3.8) is 0 Å². The van der Waals surface area contributed by atoms with E-state index in [1.54, 1.807) is 0 Å². The maximum absolute atomic E-state index is 6.88. The van der Waals surface area contributed by atoms with E-state index in [2.05, 4.69) is 179 Å². The van der Waals surface area contributed by atoms with Gasteiger partial charge in [0.05, 0.1) is 5.92 Å². The highest BCUT2D eigenvalue weighted by Crippen LogP contribution is 2.52. The van der Waals surface area contributed by atoms with Gasteiger partial charge in [-0.1, -0.05) is 161 Å². The van der Waals surface area contributed by atoms with Gasteiger partial charge in [-0.25, -0.2) is 0 Å². The van der Waals surface area contributed by atoms with Crippen molar-refractivity contribution in [3.05, 3.63) is 93.8 Å². The van der Waals surface area contributed by atoms with Crippen LogP contribution in [-0.4, -0.2) is 0 Å². The number of benzene rings is 2. The van der Waals surface area contributed by atoms with Gasteiger partial charge in [0.25, 0.3) is 0 Å². The van der Waals surface area contributed by atoms with Gasteiger partial charge in [0.2, 0.25) is 0 Å². The van der Waals surface area contributed by atoms with Crippen LogP contribution in [0, 0.1) is 16.7 Å². The van der Waals surface area contributed by atoms with Crippen molar-refractivity contribution in [1.82, 2.24) is 0 Å². The first kappa shape index (κ1) is 38.0. The minimum atomic E-state index is -1.92. The van der Waals surface area contributed by atoms with E-state index in [0.717, 1.165) is 28.5 Å². The Bertz CT molecular complexity index is 1420. The van der Waals surface area contributed by atoms with Gasteiger partial charge in [-0.05, 0) is 67.4 Å². The van der Waals surface area contributed by atoms with Crippen LogP contribution in [-0.2, 0) is 26.2 Å². The Balaban J connectivity index is 2.21. The summed E-state index contributed by atoms with van der Waals surface area (Å²) in [5.41, 5.74) is 9.04. The summed E-state index contributed by atoms with van der Waals surface area (Å²) < 4.78 is 20.6. The zero-order chi connectivity index (χ0) is 35.3. The molecule has 0 N–H and O–H groups in total. The molecule has 0 aromatic heterocycles. The summed E-state index contributed by atoms with van der Waals surface area (Å²) in [5, 5.41) is 0. The largest absolute Gasteiger partial charge is 0.530 e. The van der Waals surface area contributed by atoms with E-state index in [0.29, 0.717) is 5.76 Å². The first-order valence-corrected chi connectivity index (χ1v) is 17.9. The monoisotopic (exact) mass is 645 g/mol. The van der Waals surface area contributed by atoms with Crippen molar-refractivity contribution in [2.24, 2.45) is 10.8 Å². The fourth-order valence-corrected chi connectivity index (χ4v) is 6.22. The second kappa shape index (κ2) is 12.9. The topological polar surface area (TPSA) is 27.7 Å². The minimum Gasteiger partial charge on any atom is -0.408 e. The Hall–Kier alpha value is -2.47. The quantitative estimate of drug-likeness (QED) is 0.231. The molecular formula is C42H62O3P. The lowest BCUT2D eigenvalue weighted by atomic mass is 9.74. The molecule has 1 radical (unpaired) electrons. The molecule has 253 valence electrons. The van der Waals surface area contributed by atoms with E-state index in [4.69, 9.17) is 13.6 Å². The van der Waals surface area contributed by atoms with Gasteiger partial charge < -0.3 is 13.6 Å². The molecule has 0 bridgehead atoms. The molecule has 0 aliphatic heterocycles. The van der Waals surface area contributed by atoms with Crippen LogP contribution in [0.25, 0.3) is 0 Å². The highest BCUT2D eigenvalue weighted by molar-refractivity contribution is 7.42. The van der Waals surface area contributed by atoms with Crippen LogP contribution in [0.1, 0.15) is 147 Å². The van der Waals surface area contributed by atoms with Gasteiger partial charge in [-0.3, -0.25) is 0 Å². The summed E-state index contributed by atoms with van der Waals surface area (Å²) in [5.74, 6) is 3.30. The highest BCUT2D eigenvalue weighted by Gasteiger charge is 2.37. The summed E-state index contributed by atoms with van der Waals surface area (Å²) in [6.07, 6.45) is 4.31. The van der Waals surface area contributed by atoms with Crippen LogP contribution in [0.2, 0.25) is 0 Å². The molecule has 3 rings (SSSR count).